The predicted octanol–water partition coefficient (Wildman–Crippen LogP) is 1.89. The van der Waals surface area contributed by atoms with Crippen molar-refractivity contribution in [3.8, 4) is 5.75 Å². The SMILES string of the molecule is O=S(=O)(O)c1cc(Cl)c(N=Nc2c([O-])ccc3ccccc23)cc1Cl.[Na+]. The molecule has 0 spiro atoms. The third kappa shape index (κ3) is 4.37. The Morgan fingerprint density at radius 2 is 1.65 bits per heavy atom. The molecule has 3 aromatic rings. The van der Waals surface area contributed by atoms with Gasteiger partial charge in [-0.05, 0) is 17.5 Å². The maximum atomic E-state index is 12.1. The average Bonchev–Trinajstić information content (AvgIpc) is 2.55. The van der Waals surface area contributed by atoms with Crippen molar-refractivity contribution < 1.29 is 47.6 Å². The third-order valence-electron chi connectivity index (χ3n) is 3.40. The largest absolute Gasteiger partial charge is 1.00 e. The Morgan fingerprint density at radius 3 is 2.35 bits per heavy atom. The summed E-state index contributed by atoms with van der Waals surface area (Å²) in [6.07, 6.45) is 0. The Bertz CT molecular complexity index is 1120. The average molecular weight is 419 g/mol. The van der Waals surface area contributed by atoms with E-state index >= 15 is 0 Å². The van der Waals surface area contributed by atoms with Crippen molar-refractivity contribution in [2.45, 2.75) is 4.90 Å². The summed E-state index contributed by atoms with van der Waals surface area (Å²) in [6.45, 7) is 0. The Labute approximate surface area is 181 Å². The molecule has 0 aliphatic rings. The van der Waals surface area contributed by atoms with E-state index < -0.39 is 15.0 Å². The molecule has 0 aliphatic heterocycles. The summed E-state index contributed by atoms with van der Waals surface area (Å²) in [5.74, 6) is -0.320. The number of rotatable bonds is 3. The van der Waals surface area contributed by atoms with E-state index in [0.717, 1.165) is 17.5 Å². The van der Waals surface area contributed by atoms with E-state index in [1.807, 2.05) is 12.1 Å². The smallest absolute Gasteiger partial charge is 0.871 e. The molecule has 0 saturated carbocycles. The maximum Gasteiger partial charge on any atom is 1.00 e. The zero-order chi connectivity index (χ0) is 18.2. The van der Waals surface area contributed by atoms with Gasteiger partial charge in [-0.1, -0.05) is 65.3 Å². The van der Waals surface area contributed by atoms with E-state index in [2.05, 4.69) is 10.2 Å². The summed E-state index contributed by atoms with van der Waals surface area (Å²) in [7, 11) is -4.51. The van der Waals surface area contributed by atoms with Crippen LogP contribution >= 0.6 is 23.2 Å². The number of hydrogen-bond donors (Lipinski definition) is 1. The molecule has 0 radical (unpaired) electrons. The van der Waals surface area contributed by atoms with Crippen LogP contribution in [-0.4, -0.2) is 13.0 Å². The molecule has 6 nitrogen and oxygen atoms in total. The van der Waals surface area contributed by atoms with Gasteiger partial charge in [0, 0.05) is 5.39 Å². The Morgan fingerprint density at radius 1 is 0.962 bits per heavy atom. The molecule has 0 amide bonds. The van der Waals surface area contributed by atoms with E-state index in [-0.39, 0.29) is 56.7 Å². The van der Waals surface area contributed by atoms with Crippen LogP contribution in [0.4, 0.5) is 11.4 Å². The van der Waals surface area contributed by atoms with Gasteiger partial charge >= 0.3 is 29.6 Å². The topological polar surface area (TPSA) is 102 Å². The summed E-state index contributed by atoms with van der Waals surface area (Å²) < 4.78 is 31.5. The molecule has 0 atom stereocenters. The number of halogens is 2. The van der Waals surface area contributed by atoms with Crippen LogP contribution in [0.1, 0.15) is 0 Å². The van der Waals surface area contributed by atoms with Gasteiger partial charge in [-0.15, -0.1) is 5.11 Å². The van der Waals surface area contributed by atoms with Gasteiger partial charge < -0.3 is 5.11 Å². The number of benzene rings is 3. The second-order valence-electron chi connectivity index (χ2n) is 5.04. The molecule has 0 bridgehead atoms. The fraction of sp³-hybridized carbons (Fsp3) is 0. The monoisotopic (exact) mass is 418 g/mol. The molecule has 10 heteroatoms. The first-order valence-electron chi connectivity index (χ1n) is 6.84. The fourth-order valence-corrected chi connectivity index (χ4v) is 3.52. The van der Waals surface area contributed by atoms with Gasteiger partial charge in [0.15, 0.2) is 0 Å². The number of hydrogen-bond acceptors (Lipinski definition) is 5. The molecular formula is C16H9Cl2N2NaO4S. The second kappa shape index (κ2) is 8.22. The van der Waals surface area contributed by atoms with Crippen molar-refractivity contribution in [2.24, 2.45) is 10.2 Å². The van der Waals surface area contributed by atoms with Crippen LogP contribution in [0, 0.1) is 0 Å². The molecular weight excluding hydrogens is 410 g/mol. The minimum absolute atomic E-state index is 0. The van der Waals surface area contributed by atoms with Crippen molar-refractivity contribution >= 4 is 55.5 Å². The maximum absolute atomic E-state index is 12.1. The zero-order valence-electron chi connectivity index (χ0n) is 13.3. The molecule has 3 rings (SSSR count). The van der Waals surface area contributed by atoms with E-state index in [9.17, 15) is 13.5 Å². The van der Waals surface area contributed by atoms with Gasteiger partial charge in [-0.25, -0.2) is 0 Å². The summed E-state index contributed by atoms with van der Waals surface area (Å²) in [4.78, 5) is -0.534. The first kappa shape index (κ1) is 21.1. The molecule has 0 fully saturated rings. The molecule has 0 saturated heterocycles. The van der Waals surface area contributed by atoms with Gasteiger partial charge in [-0.3, -0.25) is 4.55 Å². The van der Waals surface area contributed by atoms with E-state index in [1.54, 1.807) is 18.2 Å². The minimum Gasteiger partial charge on any atom is -0.871 e. The number of azo groups is 1. The Kier molecular flexibility index (Phi) is 6.68. The van der Waals surface area contributed by atoms with Crippen LogP contribution in [0.2, 0.25) is 10.0 Å². The minimum atomic E-state index is -4.51. The Balaban J connectivity index is 0.00000243. The van der Waals surface area contributed by atoms with E-state index in [1.165, 1.54) is 6.07 Å². The van der Waals surface area contributed by atoms with Crippen LogP contribution < -0.4 is 34.7 Å². The fourth-order valence-electron chi connectivity index (χ4n) is 2.23. The molecule has 3 aromatic carbocycles. The van der Waals surface area contributed by atoms with Crippen LogP contribution in [0.5, 0.6) is 5.75 Å². The van der Waals surface area contributed by atoms with Crippen LogP contribution in [-0.2, 0) is 10.1 Å². The molecule has 128 valence electrons. The van der Waals surface area contributed by atoms with E-state index in [0.29, 0.717) is 5.39 Å². The second-order valence-corrected chi connectivity index (χ2v) is 7.25. The van der Waals surface area contributed by atoms with Crippen LogP contribution in [0.3, 0.4) is 0 Å². The van der Waals surface area contributed by atoms with Crippen molar-refractivity contribution in [1.82, 2.24) is 0 Å². The van der Waals surface area contributed by atoms with Crippen molar-refractivity contribution in [1.29, 1.82) is 0 Å². The van der Waals surface area contributed by atoms with Gasteiger partial charge in [0.1, 0.15) is 10.6 Å². The molecule has 1 N–H and O–H groups in total. The van der Waals surface area contributed by atoms with Crippen molar-refractivity contribution in [2.75, 3.05) is 0 Å². The normalized spacial score (nSPS) is 11.7. The Hall–Kier alpha value is -1.19. The summed E-state index contributed by atoms with van der Waals surface area (Å²) in [5.41, 5.74) is 0.190. The van der Waals surface area contributed by atoms with Crippen LogP contribution in [0.25, 0.3) is 10.8 Å². The summed E-state index contributed by atoms with van der Waals surface area (Å²) in [5, 5.41) is 21.0. The van der Waals surface area contributed by atoms with Crippen molar-refractivity contribution in [3.63, 3.8) is 0 Å². The third-order valence-corrected chi connectivity index (χ3v) is 5.02. The first-order chi connectivity index (χ1) is 11.8. The molecule has 26 heavy (non-hydrogen) atoms. The number of nitrogens with zero attached hydrogens (tertiary/aromatic N) is 2. The molecule has 0 aliphatic carbocycles. The van der Waals surface area contributed by atoms with Gasteiger partial charge in [0.2, 0.25) is 0 Å². The quantitative estimate of drug-likeness (QED) is 0.398. The van der Waals surface area contributed by atoms with Crippen molar-refractivity contribution in [3.05, 3.63) is 58.6 Å². The molecule has 0 unspecified atom stereocenters. The number of fused-ring (bicyclic) bond motifs is 1. The zero-order valence-corrected chi connectivity index (χ0v) is 17.7. The molecule has 0 heterocycles. The van der Waals surface area contributed by atoms with Gasteiger partial charge in [0.25, 0.3) is 10.1 Å². The summed E-state index contributed by atoms with van der Waals surface area (Å²) >= 11 is 11.8. The van der Waals surface area contributed by atoms with E-state index in [4.69, 9.17) is 27.8 Å². The van der Waals surface area contributed by atoms with Gasteiger partial charge in [0.05, 0.1) is 15.7 Å². The van der Waals surface area contributed by atoms with Gasteiger partial charge in [-0.2, -0.15) is 13.5 Å². The summed E-state index contributed by atoms with van der Waals surface area (Å²) in [6, 6.07) is 12.3. The molecule has 0 aromatic heterocycles. The standard InChI is InChI=1S/C16H10Cl2N2O4S.Na/c17-11-8-15(25(22,23)24)12(18)7-13(11)19-20-16-10-4-2-1-3-9(10)5-6-14(16)21;/h1-8,21H,(H,22,23,24);/q;+1/p-1. The van der Waals surface area contributed by atoms with Crippen LogP contribution in [0.15, 0.2) is 63.7 Å². The predicted molar refractivity (Wildman–Crippen MR) is 93.8 cm³/mol. The first-order valence-corrected chi connectivity index (χ1v) is 9.04.